The van der Waals surface area contributed by atoms with Crippen LogP contribution in [0.25, 0.3) is 0 Å². The highest BCUT2D eigenvalue weighted by atomic mass is 32.2. The number of thioether (sulfide) groups is 1. The molecule has 1 aromatic heterocycles. The average Bonchev–Trinajstić information content (AvgIpc) is 2.94. The van der Waals surface area contributed by atoms with E-state index < -0.39 is 10.8 Å². The maximum Gasteiger partial charge on any atom is 0.271 e. The monoisotopic (exact) mass is 321 g/mol. The van der Waals surface area contributed by atoms with Crippen molar-refractivity contribution in [3.63, 3.8) is 0 Å². The molecular formula is C13H11N3O3S2. The molecule has 0 unspecified atom stereocenters. The molecule has 0 spiro atoms. The number of amides is 1. The van der Waals surface area contributed by atoms with Crippen LogP contribution in [-0.2, 0) is 0 Å². The molecule has 1 aromatic carbocycles. The van der Waals surface area contributed by atoms with Crippen LogP contribution in [0, 0.1) is 10.1 Å². The number of hydrazone groups is 1. The lowest BCUT2D eigenvalue weighted by Gasteiger charge is -1.99. The number of nitrogens with zero attached hydrogens (tertiary/aromatic N) is 2. The second kappa shape index (κ2) is 7.00. The maximum atomic E-state index is 11.9. The molecule has 0 aliphatic rings. The first-order valence-corrected chi connectivity index (χ1v) is 7.91. The Morgan fingerprint density at radius 1 is 1.48 bits per heavy atom. The topological polar surface area (TPSA) is 84.6 Å². The smallest absolute Gasteiger partial charge is 0.267 e. The van der Waals surface area contributed by atoms with Gasteiger partial charge >= 0.3 is 0 Å². The summed E-state index contributed by atoms with van der Waals surface area (Å²) in [6.45, 7) is 0. The van der Waals surface area contributed by atoms with Crippen LogP contribution < -0.4 is 5.43 Å². The number of hydrogen-bond acceptors (Lipinski definition) is 6. The van der Waals surface area contributed by atoms with Crippen molar-refractivity contribution in [1.82, 2.24) is 5.43 Å². The predicted molar refractivity (Wildman–Crippen MR) is 84.3 cm³/mol. The van der Waals surface area contributed by atoms with E-state index in [2.05, 4.69) is 10.5 Å². The van der Waals surface area contributed by atoms with E-state index in [0.717, 1.165) is 9.77 Å². The maximum absolute atomic E-state index is 11.9. The molecule has 6 nitrogen and oxygen atoms in total. The van der Waals surface area contributed by atoms with E-state index in [1.165, 1.54) is 24.3 Å². The van der Waals surface area contributed by atoms with Gasteiger partial charge < -0.3 is 0 Å². The number of hydrogen-bond donors (Lipinski definition) is 1. The van der Waals surface area contributed by atoms with Crippen molar-refractivity contribution in [2.45, 2.75) is 4.21 Å². The van der Waals surface area contributed by atoms with Gasteiger partial charge in [0.2, 0.25) is 0 Å². The van der Waals surface area contributed by atoms with E-state index in [1.807, 2.05) is 17.7 Å². The van der Waals surface area contributed by atoms with Crippen LogP contribution in [0.1, 0.15) is 15.9 Å². The van der Waals surface area contributed by atoms with Gasteiger partial charge in [-0.15, -0.1) is 23.1 Å². The molecule has 0 saturated carbocycles. The van der Waals surface area contributed by atoms with E-state index in [1.54, 1.807) is 29.3 Å². The van der Waals surface area contributed by atoms with E-state index >= 15 is 0 Å². The van der Waals surface area contributed by atoms with Crippen LogP contribution in [0.2, 0.25) is 0 Å². The number of rotatable bonds is 5. The minimum Gasteiger partial charge on any atom is -0.267 e. The van der Waals surface area contributed by atoms with E-state index in [4.69, 9.17) is 0 Å². The number of nitrogens with one attached hydrogen (secondary N) is 1. The summed E-state index contributed by atoms with van der Waals surface area (Å²) in [5.41, 5.74) is 3.34. The highest BCUT2D eigenvalue weighted by Crippen LogP contribution is 2.25. The number of non-ortho nitro benzene ring substituents is 1. The molecule has 108 valence electrons. The fourth-order valence-corrected chi connectivity index (χ4v) is 3.06. The lowest BCUT2D eigenvalue weighted by atomic mass is 10.2. The van der Waals surface area contributed by atoms with Gasteiger partial charge in [-0.05, 0) is 23.8 Å². The number of nitro groups is 1. The summed E-state index contributed by atoms with van der Waals surface area (Å²) in [5, 5.41) is 16.5. The molecule has 1 heterocycles. The molecule has 1 N–H and O–H groups in total. The Morgan fingerprint density at radius 2 is 2.29 bits per heavy atom. The third-order valence-electron chi connectivity index (χ3n) is 2.53. The highest BCUT2D eigenvalue weighted by molar-refractivity contribution is 8.00. The first kappa shape index (κ1) is 15.2. The Bertz CT molecular complexity index is 697. The molecule has 8 heteroatoms. The standard InChI is InChI=1S/C13H11N3O3S2/c1-20-13-10(5-6-21-13)8-14-15-12(17)9-3-2-4-11(7-9)16(18)19/h2-8H,1H3,(H,15,17). The van der Waals surface area contributed by atoms with Crippen LogP contribution in [0.15, 0.2) is 45.0 Å². The Balaban J connectivity index is 2.05. The summed E-state index contributed by atoms with van der Waals surface area (Å²) in [4.78, 5) is 22.0. The van der Waals surface area contributed by atoms with E-state index in [0.29, 0.717) is 0 Å². The van der Waals surface area contributed by atoms with Gasteiger partial charge in [-0.2, -0.15) is 5.10 Å². The van der Waals surface area contributed by atoms with Crippen molar-refractivity contribution < 1.29 is 9.72 Å². The van der Waals surface area contributed by atoms with E-state index in [9.17, 15) is 14.9 Å². The molecule has 0 saturated heterocycles. The number of nitro benzene ring substituents is 1. The van der Waals surface area contributed by atoms with Gasteiger partial charge in [-0.1, -0.05) is 6.07 Å². The summed E-state index contributed by atoms with van der Waals surface area (Å²) < 4.78 is 1.10. The predicted octanol–water partition coefficient (Wildman–Crippen LogP) is 3.14. The molecule has 0 atom stereocenters. The van der Waals surface area contributed by atoms with Gasteiger partial charge in [0.05, 0.1) is 15.3 Å². The SMILES string of the molecule is CSc1sccc1C=NNC(=O)c1cccc([N+](=O)[O-])c1. The third kappa shape index (κ3) is 3.89. The van der Waals surface area contributed by atoms with Crippen LogP contribution >= 0.6 is 23.1 Å². The fourth-order valence-electron chi connectivity index (χ4n) is 1.55. The summed E-state index contributed by atoms with van der Waals surface area (Å²) in [6, 6.07) is 7.40. The van der Waals surface area contributed by atoms with Crippen LogP contribution in [0.5, 0.6) is 0 Å². The molecule has 2 rings (SSSR count). The minimum atomic E-state index is -0.545. The van der Waals surface area contributed by atoms with Gasteiger partial charge in [-0.3, -0.25) is 14.9 Å². The highest BCUT2D eigenvalue weighted by Gasteiger charge is 2.10. The second-order valence-corrected chi connectivity index (χ2v) is 5.87. The number of carbonyl (C=O) groups excluding carboxylic acids is 1. The molecule has 21 heavy (non-hydrogen) atoms. The Kier molecular flexibility index (Phi) is 5.07. The van der Waals surface area contributed by atoms with Crippen molar-refractivity contribution in [3.05, 3.63) is 57.0 Å². The number of benzene rings is 1. The largest absolute Gasteiger partial charge is 0.271 e. The summed E-state index contributed by atoms with van der Waals surface area (Å²) in [5.74, 6) is -0.490. The van der Waals surface area contributed by atoms with Crippen molar-refractivity contribution in [2.24, 2.45) is 5.10 Å². The molecule has 0 bridgehead atoms. The third-order valence-corrected chi connectivity index (χ3v) is 4.65. The Labute approximate surface area is 129 Å². The molecule has 2 aromatic rings. The second-order valence-electron chi connectivity index (χ2n) is 3.87. The summed E-state index contributed by atoms with van der Waals surface area (Å²) in [7, 11) is 0. The molecule has 0 fully saturated rings. The molecule has 1 amide bonds. The molecule has 0 radical (unpaired) electrons. The lowest BCUT2D eigenvalue weighted by Crippen LogP contribution is -2.17. The van der Waals surface area contributed by atoms with Gasteiger partial charge in [-0.25, -0.2) is 5.43 Å². The minimum absolute atomic E-state index is 0.130. The molecule has 0 aliphatic carbocycles. The van der Waals surface area contributed by atoms with Gasteiger partial charge in [0.15, 0.2) is 0 Å². The summed E-state index contributed by atoms with van der Waals surface area (Å²) in [6.07, 6.45) is 3.52. The fraction of sp³-hybridized carbons (Fsp3) is 0.0769. The van der Waals surface area contributed by atoms with Crippen molar-refractivity contribution >= 4 is 40.9 Å². The van der Waals surface area contributed by atoms with Gasteiger partial charge in [0.25, 0.3) is 11.6 Å². The van der Waals surface area contributed by atoms with Gasteiger partial charge in [0, 0.05) is 23.3 Å². The summed E-state index contributed by atoms with van der Waals surface area (Å²) >= 11 is 3.20. The first-order valence-electron chi connectivity index (χ1n) is 5.81. The molecule has 0 aliphatic heterocycles. The van der Waals surface area contributed by atoms with Crippen LogP contribution in [0.3, 0.4) is 0 Å². The zero-order valence-corrected chi connectivity index (χ0v) is 12.6. The Morgan fingerprint density at radius 3 is 3.00 bits per heavy atom. The normalized spacial score (nSPS) is 10.7. The number of carbonyl (C=O) groups is 1. The van der Waals surface area contributed by atoms with Crippen LogP contribution in [-0.4, -0.2) is 23.3 Å². The zero-order valence-electron chi connectivity index (χ0n) is 11.0. The van der Waals surface area contributed by atoms with E-state index in [-0.39, 0.29) is 11.3 Å². The van der Waals surface area contributed by atoms with Crippen molar-refractivity contribution in [2.75, 3.05) is 6.26 Å². The van der Waals surface area contributed by atoms with Crippen LogP contribution in [0.4, 0.5) is 5.69 Å². The average molecular weight is 321 g/mol. The molecular weight excluding hydrogens is 310 g/mol. The van der Waals surface area contributed by atoms with Crippen molar-refractivity contribution in [1.29, 1.82) is 0 Å². The number of thiophene rings is 1. The first-order chi connectivity index (χ1) is 10.1. The van der Waals surface area contributed by atoms with Crippen molar-refractivity contribution in [3.8, 4) is 0 Å². The quantitative estimate of drug-likeness (QED) is 0.397. The zero-order chi connectivity index (χ0) is 15.2. The van der Waals surface area contributed by atoms with Gasteiger partial charge in [0.1, 0.15) is 0 Å². The Hall–Kier alpha value is -2.19. The lowest BCUT2D eigenvalue weighted by molar-refractivity contribution is -0.384.